The van der Waals surface area contributed by atoms with E-state index >= 15 is 0 Å². The molecule has 2 aromatic rings. The van der Waals surface area contributed by atoms with Gasteiger partial charge in [0.25, 0.3) is 0 Å². The summed E-state index contributed by atoms with van der Waals surface area (Å²) >= 11 is 6.06. The van der Waals surface area contributed by atoms with Crippen molar-refractivity contribution in [1.29, 1.82) is 0 Å². The van der Waals surface area contributed by atoms with Crippen molar-refractivity contribution in [3.8, 4) is 5.69 Å². The summed E-state index contributed by atoms with van der Waals surface area (Å²) in [6.07, 6.45) is 3.45. The molecule has 116 valence electrons. The van der Waals surface area contributed by atoms with E-state index in [1.807, 2.05) is 27.7 Å². The molecule has 22 heavy (non-hydrogen) atoms. The van der Waals surface area contributed by atoms with Crippen molar-refractivity contribution in [1.82, 2.24) is 9.78 Å². The van der Waals surface area contributed by atoms with Gasteiger partial charge in [0.1, 0.15) is 5.82 Å². The van der Waals surface area contributed by atoms with Crippen molar-refractivity contribution < 1.29 is 13.7 Å². The second-order valence-corrected chi connectivity index (χ2v) is 6.81. The van der Waals surface area contributed by atoms with E-state index in [0.29, 0.717) is 10.7 Å². The van der Waals surface area contributed by atoms with Crippen molar-refractivity contribution >= 4 is 24.2 Å². The van der Waals surface area contributed by atoms with Crippen molar-refractivity contribution in [2.45, 2.75) is 38.9 Å². The lowest BCUT2D eigenvalue weighted by Crippen LogP contribution is -2.41. The minimum absolute atomic E-state index is 0.295. The van der Waals surface area contributed by atoms with Gasteiger partial charge < -0.3 is 9.31 Å². The van der Waals surface area contributed by atoms with Crippen LogP contribution in [0.25, 0.3) is 5.69 Å². The molecule has 1 fully saturated rings. The summed E-state index contributed by atoms with van der Waals surface area (Å²) in [5.74, 6) is -0.382. The number of hydrogen-bond donors (Lipinski definition) is 0. The molecule has 0 aliphatic carbocycles. The van der Waals surface area contributed by atoms with Gasteiger partial charge in [-0.3, -0.25) is 0 Å². The normalized spacial score (nSPS) is 19.6. The Morgan fingerprint density at radius 1 is 1.18 bits per heavy atom. The van der Waals surface area contributed by atoms with E-state index in [-0.39, 0.29) is 5.82 Å². The zero-order valence-electron chi connectivity index (χ0n) is 12.9. The summed E-state index contributed by atoms with van der Waals surface area (Å²) in [6, 6.07) is 4.18. The predicted molar refractivity (Wildman–Crippen MR) is 84.2 cm³/mol. The van der Waals surface area contributed by atoms with Crippen LogP contribution in [-0.2, 0) is 9.31 Å². The molecule has 0 atom stereocenters. The average Bonchev–Trinajstić information content (AvgIpc) is 2.93. The molecule has 0 spiro atoms. The number of hydrogen-bond acceptors (Lipinski definition) is 3. The maximum absolute atomic E-state index is 13.1. The first-order valence-corrected chi connectivity index (χ1v) is 7.43. The Bertz CT molecular complexity index is 701. The lowest BCUT2D eigenvalue weighted by atomic mass is 9.82. The first kappa shape index (κ1) is 15.5. The van der Waals surface area contributed by atoms with Crippen LogP contribution in [0, 0.1) is 5.82 Å². The molecule has 1 aromatic carbocycles. The van der Waals surface area contributed by atoms with Crippen molar-refractivity contribution in [2.24, 2.45) is 0 Å². The molecular formula is C15H17BClFN2O2. The van der Waals surface area contributed by atoms with Gasteiger partial charge in [-0.15, -0.1) is 0 Å². The average molecular weight is 323 g/mol. The van der Waals surface area contributed by atoms with E-state index in [2.05, 4.69) is 5.10 Å². The van der Waals surface area contributed by atoms with E-state index < -0.39 is 18.3 Å². The van der Waals surface area contributed by atoms with E-state index in [9.17, 15) is 4.39 Å². The highest BCUT2D eigenvalue weighted by molar-refractivity contribution is 6.62. The zero-order chi connectivity index (χ0) is 16.1. The Labute approximate surface area is 134 Å². The summed E-state index contributed by atoms with van der Waals surface area (Å²) in [7, 11) is -0.488. The molecule has 0 radical (unpaired) electrons. The summed E-state index contributed by atoms with van der Waals surface area (Å²) < 4.78 is 26.7. The van der Waals surface area contributed by atoms with Gasteiger partial charge in [0.2, 0.25) is 0 Å². The largest absolute Gasteiger partial charge is 0.498 e. The second-order valence-electron chi connectivity index (χ2n) is 6.40. The maximum Gasteiger partial charge on any atom is 0.498 e. The molecule has 3 rings (SSSR count). The van der Waals surface area contributed by atoms with Crippen molar-refractivity contribution in [3.05, 3.63) is 41.4 Å². The molecule has 0 bridgehead atoms. The third-order valence-electron chi connectivity index (χ3n) is 4.28. The van der Waals surface area contributed by atoms with Crippen molar-refractivity contribution in [3.63, 3.8) is 0 Å². The highest BCUT2D eigenvalue weighted by Crippen LogP contribution is 2.36. The molecule has 2 heterocycles. The highest BCUT2D eigenvalue weighted by atomic mass is 35.5. The van der Waals surface area contributed by atoms with Crippen LogP contribution in [0.3, 0.4) is 0 Å². The third-order valence-corrected chi connectivity index (χ3v) is 4.59. The van der Waals surface area contributed by atoms with Crippen LogP contribution in [0.15, 0.2) is 30.6 Å². The molecule has 1 aromatic heterocycles. The molecule has 4 nitrogen and oxygen atoms in total. The Hall–Kier alpha value is -1.37. The molecule has 0 amide bonds. The number of benzene rings is 1. The Morgan fingerprint density at radius 3 is 2.41 bits per heavy atom. The summed E-state index contributed by atoms with van der Waals surface area (Å²) in [4.78, 5) is 0. The van der Waals surface area contributed by atoms with Crippen LogP contribution in [0.4, 0.5) is 4.39 Å². The predicted octanol–water partition coefficient (Wildman–Crippen LogP) is 2.96. The van der Waals surface area contributed by atoms with Crippen LogP contribution >= 0.6 is 11.6 Å². The minimum Gasteiger partial charge on any atom is -0.399 e. The lowest BCUT2D eigenvalue weighted by Gasteiger charge is -2.32. The Balaban J connectivity index is 1.89. The number of aromatic nitrogens is 2. The first-order valence-electron chi connectivity index (χ1n) is 7.05. The van der Waals surface area contributed by atoms with Crippen LogP contribution < -0.4 is 5.46 Å². The standard InChI is InChI=1S/C15H17BClFN2O2/c1-14(2)15(3,4)22-16(21-14)10-8-19-20(9-10)13-6-5-11(18)7-12(13)17/h5-9H,1-4H3. The third kappa shape index (κ3) is 2.55. The molecule has 1 saturated heterocycles. The fourth-order valence-corrected chi connectivity index (χ4v) is 2.49. The van der Waals surface area contributed by atoms with Gasteiger partial charge in [0.05, 0.1) is 21.9 Å². The number of rotatable bonds is 2. The van der Waals surface area contributed by atoms with Crippen LogP contribution in [0.5, 0.6) is 0 Å². The molecule has 1 aliphatic heterocycles. The van der Waals surface area contributed by atoms with Gasteiger partial charge in [-0.25, -0.2) is 9.07 Å². The first-order chi connectivity index (χ1) is 10.2. The highest BCUT2D eigenvalue weighted by Gasteiger charge is 2.52. The molecular weight excluding hydrogens is 305 g/mol. The van der Waals surface area contributed by atoms with Crippen LogP contribution in [-0.4, -0.2) is 28.1 Å². The summed E-state index contributed by atoms with van der Waals surface area (Å²) in [6.45, 7) is 7.98. The SMILES string of the molecule is CC1(C)OB(c2cnn(-c3ccc(F)cc3Cl)c2)OC1(C)C. The van der Waals surface area contributed by atoms with Gasteiger partial charge in [-0.05, 0) is 45.9 Å². The van der Waals surface area contributed by atoms with Gasteiger partial charge in [-0.2, -0.15) is 5.10 Å². The van der Waals surface area contributed by atoms with Crippen LogP contribution in [0.2, 0.25) is 5.02 Å². The molecule has 7 heteroatoms. The smallest absolute Gasteiger partial charge is 0.399 e. The van der Waals surface area contributed by atoms with E-state index in [1.165, 1.54) is 12.1 Å². The van der Waals surface area contributed by atoms with Gasteiger partial charge in [-0.1, -0.05) is 11.6 Å². The van der Waals surface area contributed by atoms with E-state index in [0.717, 1.165) is 5.46 Å². The number of nitrogens with zero attached hydrogens (tertiary/aromatic N) is 2. The van der Waals surface area contributed by atoms with Gasteiger partial charge in [0, 0.05) is 17.9 Å². The van der Waals surface area contributed by atoms with E-state index in [4.69, 9.17) is 20.9 Å². The number of halogens is 2. The monoisotopic (exact) mass is 322 g/mol. The summed E-state index contributed by atoms with van der Waals surface area (Å²) in [5.41, 5.74) is 0.575. The van der Waals surface area contributed by atoms with Gasteiger partial charge >= 0.3 is 7.12 Å². The Morgan fingerprint density at radius 2 is 1.82 bits per heavy atom. The quantitative estimate of drug-likeness (QED) is 0.798. The van der Waals surface area contributed by atoms with Crippen molar-refractivity contribution in [2.75, 3.05) is 0 Å². The molecule has 1 aliphatic rings. The minimum atomic E-state index is -0.488. The van der Waals surface area contributed by atoms with Crippen LogP contribution in [0.1, 0.15) is 27.7 Å². The topological polar surface area (TPSA) is 36.3 Å². The molecule has 0 N–H and O–H groups in total. The molecule has 0 saturated carbocycles. The fourth-order valence-electron chi connectivity index (χ4n) is 2.24. The fraction of sp³-hybridized carbons (Fsp3) is 0.400. The van der Waals surface area contributed by atoms with Gasteiger partial charge in [0.15, 0.2) is 0 Å². The lowest BCUT2D eigenvalue weighted by molar-refractivity contribution is 0.00578. The van der Waals surface area contributed by atoms with E-state index in [1.54, 1.807) is 23.1 Å². The second kappa shape index (κ2) is 5.08. The Kier molecular flexibility index (Phi) is 3.59. The maximum atomic E-state index is 13.1. The molecule has 0 unspecified atom stereocenters. The summed E-state index contributed by atoms with van der Waals surface area (Å²) in [5, 5.41) is 4.56. The zero-order valence-corrected chi connectivity index (χ0v) is 13.7.